The fraction of sp³-hybridized carbons (Fsp3) is 0.833. The summed E-state index contributed by atoms with van der Waals surface area (Å²) < 4.78 is 0. The van der Waals surface area contributed by atoms with Gasteiger partial charge in [0, 0.05) is 18.3 Å². The molecular weight excluding hydrogens is 183 g/mol. The van der Waals surface area contributed by atoms with Crippen LogP contribution in [0.25, 0.3) is 0 Å². The van der Waals surface area contributed by atoms with Crippen molar-refractivity contribution in [2.75, 3.05) is 13.1 Å². The molecule has 0 saturated carbocycles. The quantitative estimate of drug-likeness (QED) is 0.666. The Bertz CT molecular complexity index is 244. The molecule has 0 bridgehead atoms. The molecule has 2 radical (unpaired) electrons. The Kier molecular flexibility index (Phi) is 3.73. The molecule has 3 heteroatoms. The summed E-state index contributed by atoms with van der Waals surface area (Å²) in [7, 11) is 6.12. The van der Waals surface area contributed by atoms with Crippen molar-refractivity contribution in [3.05, 3.63) is 11.2 Å². The molecule has 2 atom stereocenters. The number of nitrogens with one attached hydrogen (secondary N) is 2. The van der Waals surface area contributed by atoms with Gasteiger partial charge in [0.25, 0.3) is 0 Å². The maximum Gasteiger partial charge on any atom is 0.110 e. The lowest BCUT2D eigenvalue weighted by Gasteiger charge is -2.20. The summed E-state index contributed by atoms with van der Waals surface area (Å²) in [6.07, 6.45) is 6.01. The van der Waals surface area contributed by atoms with E-state index in [1.54, 1.807) is 0 Å². The zero-order chi connectivity index (χ0) is 10.7. The van der Waals surface area contributed by atoms with Crippen molar-refractivity contribution < 1.29 is 0 Å². The fourth-order valence-corrected chi connectivity index (χ4v) is 2.55. The molecule has 1 fully saturated rings. The highest BCUT2D eigenvalue weighted by Crippen LogP contribution is 2.25. The summed E-state index contributed by atoms with van der Waals surface area (Å²) in [5.74, 6) is 0.780. The van der Waals surface area contributed by atoms with E-state index in [1.807, 2.05) is 0 Å². The highest BCUT2D eigenvalue weighted by molar-refractivity contribution is 6.22. The minimum Gasteiger partial charge on any atom is -0.385 e. The molecule has 1 aliphatic heterocycles. The molecule has 2 nitrogen and oxygen atoms in total. The van der Waals surface area contributed by atoms with Crippen LogP contribution >= 0.6 is 0 Å². The van der Waals surface area contributed by atoms with Crippen molar-refractivity contribution in [3.8, 4) is 0 Å². The monoisotopic (exact) mass is 204 g/mol. The topological polar surface area (TPSA) is 24.1 Å². The largest absolute Gasteiger partial charge is 0.385 e. The third-order valence-corrected chi connectivity index (χ3v) is 3.52. The Morgan fingerprint density at radius 2 is 2.27 bits per heavy atom. The van der Waals surface area contributed by atoms with Gasteiger partial charge in [0.05, 0.1) is 0 Å². The molecule has 1 heterocycles. The van der Waals surface area contributed by atoms with Crippen LogP contribution in [0.1, 0.15) is 39.0 Å². The van der Waals surface area contributed by atoms with E-state index in [1.165, 1.54) is 25.0 Å². The molecule has 1 saturated heterocycles. The lowest BCUT2D eigenvalue weighted by Crippen LogP contribution is -2.31. The van der Waals surface area contributed by atoms with E-state index < -0.39 is 0 Å². The van der Waals surface area contributed by atoms with Gasteiger partial charge >= 0.3 is 0 Å². The molecule has 0 amide bonds. The van der Waals surface area contributed by atoms with Crippen LogP contribution in [0.15, 0.2) is 11.2 Å². The number of hydrogen-bond acceptors (Lipinski definition) is 2. The minimum atomic E-state index is 0.601. The summed E-state index contributed by atoms with van der Waals surface area (Å²) in [5, 5.41) is 7.01. The number of hydrogen-bond donors (Lipinski definition) is 2. The first-order valence-electron chi connectivity index (χ1n) is 6.20. The maximum atomic E-state index is 6.12. The van der Waals surface area contributed by atoms with Crippen LogP contribution in [0, 0.1) is 5.92 Å². The van der Waals surface area contributed by atoms with Crippen LogP contribution < -0.4 is 10.6 Å². The zero-order valence-electron chi connectivity index (χ0n) is 9.68. The first-order valence-corrected chi connectivity index (χ1v) is 6.20. The smallest absolute Gasteiger partial charge is 0.110 e. The molecule has 0 aromatic rings. The van der Waals surface area contributed by atoms with Crippen LogP contribution in [0.3, 0.4) is 0 Å². The summed E-state index contributed by atoms with van der Waals surface area (Å²) >= 11 is 0. The highest BCUT2D eigenvalue weighted by atomic mass is 15.0. The van der Waals surface area contributed by atoms with Gasteiger partial charge in [-0.05, 0) is 31.7 Å². The van der Waals surface area contributed by atoms with Gasteiger partial charge in [-0.25, -0.2) is 0 Å². The van der Waals surface area contributed by atoms with Crippen molar-refractivity contribution in [1.82, 2.24) is 10.6 Å². The van der Waals surface area contributed by atoms with Crippen LogP contribution in [0.2, 0.25) is 0 Å². The van der Waals surface area contributed by atoms with Crippen molar-refractivity contribution >= 4 is 7.85 Å². The van der Waals surface area contributed by atoms with E-state index in [4.69, 9.17) is 7.85 Å². The zero-order valence-corrected chi connectivity index (χ0v) is 9.68. The van der Waals surface area contributed by atoms with Gasteiger partial charge < -0.3 is 10.6 Å². The Hall–Kier alpha value is -0.435. The third kappa shape index (κ3) is 3.01. The lowest BCUT2D eigenvalue weighted by atomic mass is 9.89. The van der Waals surface area contributed by atoms with E-state index in [9.17, 15) is 0 Å². The first-order chi connectivity index (χ1) is 7.25. The Labute approximate surface area is 94.3 Å². The Morgan fingerprint density at radius 1 is 1.40 bits per heavy atom. The molecule has 2 N–H and O–H groups in total. The highest BCUT2D eigenvalue weighted by Gasteiger charge is 2.18. The summed E-state index contributed by atoms with van der Waals surface area (Å²) in [4.78, 5) is 0. The average Bonchev–Trinajstić information content (AvgIpc) is 2.63. The van der Waals surface area contributed by atoms with Crippen LogP contribution in [-0.2, 0) is 0 Å². The third-order valence-electron chi connectivity index (χ3n) is 3.52. The average molecular weight is 204 g/mol. The molecule has 2 unspecified atom stereocenters. The second-order valence-electron chi connectivity index (χ2n) is 5.04. The van der Waals surface area contributed by atoms with E-state index in [2.05, 4.69) is 17.6 Å². The van der Waals surface area contributed by atoms with Crippen LogP contribution in [0.4, 0.5) is 0 Å². The fourth-order valence-electron chi connectivity index (χ4n) is 2.55. The predicted octanol–water partition coefficient (Wildman–Crippen LogP) is 1.53. The Balaban J connectivity index is 1.96. The van der Waals surface area contributed by atoms with Gasteiger partial charge in [-0.3, -0.25) is 0 Å². The molecule has 1 aliphatic carbocycles. The van der Waals surface area contributed by atoms with Gasteiger partial charge in [-0.2, -0.15) is 0 Å². The van der Waals surface area contributed by atoms with Crippen molar-refractivity contribution in [2.45, 2.75) is 45.1 Å². The Morgan fingerprint density at radius 3 is 3.00 bits per heavy atom. The van der Waals surface area contributed by atoms with Gasteiger partial charge in [-0.1, -0.05) is 25.2 Å². The van der Waals surface area contributed by atoms with Crippen LogP contribution in [0.5, 0.6) is 0 Å². The molecule has 0 aromatic heterocycles. The summed E-state index contributed by atoms with van der Waals surface area (Å²) in [6.45, 7) is 4.55. The van der Waals surface area contributed by atoms with Gasteiger partial charge in [-0.15, -0.1) is 0 Å². The van der Waals surface area contributed by atoms with Gasteiger partial charge in [0.2, 0.25) is 0 Å². The summed E-state index contributed by atoms with van der Waals surface area (Å²) in [6, 6.07) is 0.601. The van der Waals surface area contributed by atoms with E-state index in [-0.39, 0.29) is 0 Å². The lowest BCUT2D eigenvalue weighted by molar-refractivity contribution is 0.496. The standard InChI is InChI=1S/C12H21BN2/c1-9-3-2-4-11(13)12(7-9)15-10-5-6-14-8-10/h9-10,14-15H,2-8H2,1H3. The minimum absolute atomic E-state index is 0.601. The molecule has 82 valence electrons. The maximum absolute atomic E-state index is 6.12. The van der Waals surface area contributed by atoms with E-state index in [0.717, 1.165) is 37.3 Å². The van der Waals surface area contributed by atoms with Gasteiger partial charge in [0.15, 0.2) is 0 Å². The van der Waals surface area contributed by atoms with Crippen molar-refractivity contribution in [2.24, 2.45) is 5.92 Å². The molecule has 0 aromatic carbocycles. The van der Waals surface area contributed by atoms with Gasteiger partial charge in [0.1, 0.15) is 7.85 Å². The number of allylic oxidation sites excluding steroid dienone is 2. The van der Waals surface area contributed by atoms with Crippen molar-refractivity contribution in [1.29, 1.82) is 0 Å². The van der Waals surface area contributed by atoms with E-state index in [0.29, 0.717) is 6.04 Å². The SMILES string of the molecule is [B]C1=C(NC2CCNC2)CC(C)CCC1. The second kappa shape index (κ2) is 5.06. The van der Waals surface area contributed by atoms with E-state index >= 15 is 0 Å². The second-order valence-corrected chi connectivity index (χ2v) is 5.04. The molecule has 15 heavy (non-hydrogen) atoms. The molecule has 2 aliphatic rings. The summed E-state index contributed by atoms with van der Waals surface area (Å²) in [5.41, 5.74) is 2.43. The normalized spacial score (nSPS) is 32.9. The molecule has 2 rings (SSSR count). The first kappa shape index (κ1) is 11.1. The van der Waals surface area contributed by atoms with Crippen molar-refractivity contribution in [3.63, 3.8) is 0 Å². The number of rotatable bonds is 2. The molecular formula is C12H21BN2. The predicted molar refractivity (Wildman–Crippen MR) is 64.8 cm³/mol. The molecule has 0 spiro atoms. The van der Waals surface area contributed by atoms with Crippen LogP contribution in [-0.4, -0.2) is 27.0 Å².